The van der Waals surface area contributed by atoms with Crippen LogP contribution < -0.4 is 10.6 Å². The molecule has 11 nitrogen and oxygen atoms in total. The van der Waals surface area contributed by atoms with E-state index in [1.807, 2.05) is 46.8 Å². The Morgan fingerprint density at radius 3 is 2.60 bits per heavy atom. The Morgan fingerprint density at radius 1 is 1.24 bits per heavy atom. The Kier molecular flexibility index (Phi) is 14.6. The first-order valence-electron chi connectivity index (χ1n) is 14.7. The minimum Gasteiger partial charge on any atom is -0.490 e. The van der Waals surface area contributed by atoms with E-state index in [1.54, 1.807) is 31.2 Å². The molecule has 0 aromatic carbocycles. The minimum absolute atomic E-state index is 0.0195. The van der Waals surface area contributed by atoms with Gasteiger partial charge >= 0.3 is 12.1 Å². The van der Waals surface area contributed by atoms with Crippen molar-refractivity contribution in [1.29, 1.82) is 0 Å². The smallest absolute Gasteiger partial charge is 0.419 e. The van der Waals surface area contributed by atoms with Crippen LogP contribution in [0.5, 0.6) is 0 Å². The number of aromatic nitrogens is 2. The first kappa shape index (κ1) is 36.3. The molecule has 0 saturated carbocycles. The number of carbonyl (C=O) groups is 4. The monoisotopic (exact) mass is 620 g/mol. The van der Waals surface area contributed by atoms with Gasteiger partial charge in [0.1, 0.15) is 24.6 Å². The van der Waals surface area contributed by atoms with Gasteiger partial charge in [0.2, 0.25) is 11.8 Å². The molecule has 2 N–H and O–H groups in total. The molecule has 45 heavy (non-hydrogen) atoms. The van der Waals surface area contributed by atoms with Gasteiger partial charge in [0, 0.05) is 43.7 Å². The van der Waals surface area contributed by atoms with Gasteiger partial charge < -0.3 is 24.8 Å². The molecule has 0 radical (unpaired) electrons. The van der Waals surface area contributed by atoms with Crippen LogP contribution in [0.3, 0.4) is 0 Å². The molecular weight excluding hydrogens is 576 g/mol. The summed E-state index contributed by atoms with van der Waals surface area (Å²) >= 11 is 0. The molecule has 2 rings (SSSR count). The van der Waals surface area contributed by atoms with Crippen molar-refractivity contribution < 1.29 is 33.4 Å². The fourth-order valence-electron chi connectivity index (χ4n) is 4.24. The highest BCUT2D eigenvalue weighted by Crippen LogP contribution is 2.23. The topological polar surface area (TPSA) is 138 Å². The van der Waals surface area contributed by atoms with E-state index < -0.39 is 35.5 Å². The SMILES string of the molecule is CC#CC[C@@H](C/C=C\NC(=O)[C@@H](NC(=O)\C=C/C=C\C(C)=C\[C@H](C)[C@@H]1CC=C(OC)C(=O)O1)C(C)(C)C)OC(=O)n1ccnc1. The number of hydrogen-bond acceptors (Lipinski definition) is 8. The van der Waals surface area contributed by atoms with Crippen LogP contribution in [0, 0.1) is 23.2 Å². The van der Waals surface area contributed by atoms with Crippen molar-refractivity contribution >= 4 is 23.9 Å². The number of carbonyl (C=O) groups excluding carboxylic acids is 4. The molecule has 2 heterocycles. The summed E-state index contributed by atoms with van der Waals surface area (Å²) in [5.74, 6) is 4.61. The quantitative estimate of drug-likeness (QED) is 0.140. The standard InChI is InChI=1S/C34H44N4O7/c1-8-9-14-26(44-33(42)38-21-20-35-23-38)15-12-19-36-31(40)30(34(4,5)6)37-29(39)16-11-10-13-24(2)22-25(3)27-17-18-28(43-7)32(41)45-27/h10-13,16,18-23,25-27,30H,14-15,17H2,1-7H3,(H,36,40)(H,37,39)/b13-10-,16-11-,19-12-,24-22+/t25-,26-,27-,30+/m0/s1. The third kappa shape index (κ3) is 12.7. The van der Waals surface area contributed by atoms with E-state index >= 15 is 0 Å². The summed E-state index contributed by atoms with van der Waals surface area (Å²) in [7, 11) is 1.44. The molecule has 0 fully saturated rings. The lowest BCUT2D eigenvalue weighted by Gasteiger charge is -2.29. The van der Waals surface area contributed by atoms with Gasteiger partial charge in [-0.15, -0.1) is 5.92 Å². The van der Waals surface area contributed by atoms with E-state index in [0.29, 0.717) is 19.3 Å². The lowest BCUT2D eigenvalue weighted by molar-refractivity contribution is -0.151. The number of nitrogens with one attached hydrogen (secondary N) is 2. The summed E-state index contributed by atoms with van der Waals surface area (Å²) < 4.78 is 17.2. The predicted molar refractivity (Wildman–Crippen MR) is 170 cm³/mol. The zero-order chi connectivity index (χ0) is 33.4. The average molecular weight is 621 g/mol. The second-order valence-corrected chi connectivity index (χ2v) is 11.5. The Labute approximate surface area is 265 Å². The number of cyclic esters (lactones) is 1. The number of ether oxygens (including phenoxy) is 3. The van der Waals surface area contributed by atoms with Gasteiger partial charge in [0.05, 0.1) is 7.11 Å². The number of allylic oxidation sites excluding steroid dienone is 4. The molecular formula is C34H44N4O7. The Morgan fingerprint density at radius 2 is 1.98 bits per heavy atom. The Hall–Kier alpha value is -4.85. The maximum atomic E-state index is 13.0. The van der Waals surface area contributed by atoms with Gasteiger partial charge in [-0.3, -0.25) is 9.59 Å². The predicted octanol–water partition coefficient (Wildman–Crippen LogP) is 4.74. The van der Waals surface area contributed by atoms with Crippen LogP contribution in [-0.4, -0.2) is 58.8 Å². The first-order valence-corrected chi connectivity index (χ1v) is 14.7. The number of rotatable bonds is 13. The summed E-state index contributed by atoms with van der Waals surface area (Å²) in [5, 5.41) is 5.48. The molecule has 0 spiro atoms. The van der Waals surface area contributed by atoms with Crippen LogP contribution in [0.15, 0.2) is 78.8 Å². The summed E-state index contributed by atoms with van der Waals surface area (Å²) in [6.45, 7) is 11.1. The van der Waals surface area contributed by atoms with Crippen molar-refractivity contribution in [2.45, 2.75) is 79.1 Å². The van der Waals surface area contributed by atoms with Gasteiger partial charge in [-0.1, -0.05) is 69.6 Å². The maximum Gasteiger partial charge on any atom is 0.419 e. The van der Waals surface area contributed by atoms with E-state index in [-0.39, 0.29) is 23.7 Å². The van der Waals surface area contributed by atoms with E-state index in [4.69, 9.17) is 14.2 Å². The molecule has 1 aliphatic rings. The molecule has 11 heteroatoms. The Bertz CT molecular complexity index is 1390. The zero-order valence-corrected chi connectivity index (χ0v) is 27.0. The first-order chi connectivity index (χ1) is 21.3. The summed E-state index contributed by atoms with van der Waals surface area (Å²) in [6.07, 6.45) is 17.5. The lowest BCUT2D eigenvalue weighted by atomic mass is 9.86. The normalized spacial score (nSPS) is 17.6. The third-order valence-corrected chi connectivity index (χ3v) is 6.69. The number of amides is 2. The average Bonchev–Trinajstić information content (AvgIpc) is 3.53. The molecule has 0 saturated heterocycles. The van der Waals surface area contributed by atoms with Crippen LogP contribution in [0.1, 0.15) is 60.8 Å². The van der Waals surface area contributed by atoms with Gasteiger partial charge in [-0.25, -0.2) is 19.1 Å². The van der Waals surface area contributed by atoms with Crippen molar-refractivity contribution in [3.05, 3.63) is 78.8 Å². The van der Waals surface area contributed by atoms with Crippen LogP contribution in [-0.2, 0) is 28.6 Å². The maximum absolute atomic E-state index is 13.0. The third-order valence-electron chi connectivity index (χ3n) is 6.69. The summed E-state index contributed by atoms with van der Waals surface area (Å²) in [6, 6.07) is -0.822. The number of imidazole rings is 1. The molecule has 242 valence electrons. The Balaban J connectivity index is 1.91. The van der Waals surface area contributed by atoms with Crippen LogP contribution in [0.25, 0.3) is 0 Å². The highest BCUT2D eigenvalue weighted by Gasteiger charge is 2.32. The van der Waals surface area contributed by atoms with Gasteiger partial charge in [0.15, 0.2) is 5.76 Å². The second kappa shape index (κ2) is 18.1. The molecule has 1 aromatic heterocycles. The number of nitrogens with zero attached hydrogens (tertiary/aromatic N) is 2. The highest BCUT2D eigenvalue weighted by molar-refractivity contribution is 5.93. The fourth-order valence-corrected chi connectivity index (χ4v) is 4.24. The van der Waals surface area contributed by atoms with Gasteiger partial charge in [-0.05, 0) is 31.5 Å². The molecule has 2 amide bonds. The van der Waals surface area contributed by atoms with Crippen molar-refractivity contribution in [2.24, 2.45) is 11.3 Å². The van der Waals surface area contributed by atoms with Crippen LogP contribution in [0.2, 0.25) is 0 Å². The van der Waals surface area contributed by atoms with E-state index in [1.165, 1.54) is 42.7 Å². The molecule has 0 aliphatic carbocycles. The molecule has 1 aromatic rings. The largest absolute Gasteiger partial charge is 0.490 e. The molecule has 0 bridgehead atoms. The lowest BCUT2D eigenvalue weighted by Crippen LogP contribution is -2.52. The number of methoxy groups -OCH3 is 1. The zero-order valence-electron chi connectivity index (χ0n) is 27.0. The minimum atomic E-state index is -0.822. The van der Waals surface area contributed by atoms with E-state index in [0.717, 1.165) is 5.57 Å². The van der Waals surface area contributed by atoms with Gasteiger partial charge in [-0.2, -0.15) is 0 Å². The fraction of sp³-hybridized carbons (Fsp3) is 0.441. The molecule has 1 aliphatic heterocycles. The second-order valence-electron chi connectivity index (χ2n) is 11.5. The van der Waals surface area contributed by atoms with Crippen LogP contribution in [0.4, 0.5) is 4.79 Å². The molecule has 4 atom stereocenters. The van der Waals surface area contributed by atoms with E-state index in [2.05, 4.69) is 27.5 Å². The van der Waals surface area contributed by atoms with Crippen molar-refractivity contribution in [3.63, 3.8) is 0 Å². The molecule has 0 unspecified atom stereocenters. The van der Waals surface area contributed by atoms with Gasteiger partial charge in [0.25, 0.3) is 0 Å². The van der Waals surface area contributed by atoms with Crippen molar-refractivity contribution in [1.82, 2.24) is 20.2 Å². The number of hydrogen-bond donors (Lipinski definition) is 2. The van der Waals surface area contributed by atoms with Crippen LogP contribution >= 0.6 is 0 Å². The summed E-state index contributed by atoms with van der Waals surface area (Å²) in [4.78, 5) is 53.7. The summed E-state index contributed by atoms with van der Waals surface area (Å²) in [5.41, 5.74) is 0.359. The van der Waals surface area contributed by atoms with Crippen molar-refractivity contribution in [3.8, 4) is 11.8 Å². The van der Waals surface area contributed by atoms with E-state index in [9.17, 15) is 19.2 Å². The van der Waals surface area contributed by atoms with Crippen molar-refractivity contribution in [2.75, 3.05) is 7.11 Å². The highest BCUT2D eigenvalue weighted by atomic mass is 16.6. The number of esters is 1.